The van der Waals surface area contributed by atoms with Gasteiger partial charge in [-0.25, -0.2) is 0 Å². The topological polar surface area (TPSA) is 36.9 Å². The van der Waals surface area contributed by atoms with Crippen LogP contribution in [-0.2, 0) is 13.6 Å². The van der Waals surface area contributed by atoms with Crippen molar-refractivity contribution in [2.45, 2.75) is 32.4 Å². The van der Waals surface area contributed by atoms with E-state index in [2.05, 4.69) is 52.4 Å². The summed E-state index contributed by atoms with van der Waals surface area (Å²) in [7, 11) is 2.03. The highest BCUT2D eigenvalue weighted by molar-refractivity contribution is 5.82. The van der Waals surface area contributed by atoms with E-state index in [4.69, 9.17) is 0 Å². The molecule has 2 aromatic heterocycles. The monoisotopic (exact) mass is 294 g/mol. The molecule has 1 unspecified atom stereocenters. The van der Waals surface area contributed by atoms with Crippen molar-refractivity contribution in [1.29, 1.82) is 0 Å². The van der Waals surface area contributed by atoms with Gasteiger partial charge in [-0.3, -0.25) is 9.58 Å². The molecule has 3 aromatic rings. The van der Waals surface area contributed by atoms with Gasteiger partial charge in [0.2, 0.25) is 0 Å². The van der Waals surface area contributed by atoms with Gasteiger partial charge in [-0.15, -0.1) is 0 Å². The van der Waals surface area contributed by atoms with Crippen LogP contribution in [0.15, 0.2) is 36.7 Å². The standard InChI is InChI=1S/C18H22N4/c1-13-16(11-20-21(13)2)18-7-4-10-22(18)12-14-5-3-6-17-15(14)8-9-19-17/h3,5-6,8-9,11,18-19H,4,7,10,12H2,1-2H3. The Hall–Kier alpha value is -2.07. The van der Waals surface area contributed by atoms with Gasteiger partial charge in [-0.2, -0.15) is 5.10 Å². The van der Waals surface area contributed by atoms with Gasteiger partial charge in [0.05, 0.1) is 6.20 Å². The molecule has 114 valence electrons. The summed E-state index contributed by atoms with van der Waals surface area (Å²) in [4.78, 5) is 5.91. The van der Waals surface area contributed by atoms with E-state index in [1.165, 1.54) is 47.1 Å². The number of aromatic amines is 1. The fourth-order valence-electron chi connectivity index (χ4n) is 3.72. The molecule has 0 spiro atoms. The average molecular weight is 294 g/mol. The molecule has 4 nitrogen and oxygen atoms in total. The lowest BCUT2D eigenvalue weighted by molar-refractivity contribution is 0.248. The van der Waals surface area contributed by atoms with Crippen molar-refractivity contribution >= 4 is 10.9 Å². The average Bonchev–Trinajstić information content (AvgIpc) is 3.22. The Morgan fingerprint density at radius 3 is 3.05 bits per heavy atom. The van der Waals surface area contributed by atoms with Crippen molar-refractivity contribution in [1.82, 2.24) is 19.7 Å². The fourth-order valence-corrected chi connectivity index (χ4v) is 3.72. The van der Waals surface area contributed by atoms with Crippen molar-refractivity contribution in [2.24, 2.45) is 7.05 Å². The molecule has 0 radical (unpaired) electrons. The van der Waals surface area contributed by atoms with Gasteiger partial charge in [-0.1, -0.05) is 12.1 Å². The van der Waals surface area contributed by atoms with Gasteiger partial charge >= 0.3 is 0 Å². The first-order valence-electron chi connectivity index (χ1n) is 8.01. The number of H-pyrrole nitrogens is 1. The van der Waals surface area contributed by atoms with E-state index >= 15 is 0 Å². The molecule has 1 aliphatic heterocycles. The molecule has 22 heavy (non-hydrogen) atoms. The first kappa shape index (κ1) is 13.6. The number of rotatable bonds is 3. The van der Waals surface area contributed by atoms with Crippen molar-refractivity contribution in [3.05, 3.63) is 53.5 Å². The molecule has 0 bridgehead atoms. The number of nitrogens with one attached hydrogen (secondary N) is 1. The van der Waals surface area contributed by atoms with Gasteiger partial charge in [0.25, 0.3) is 0 Å². The largest absolute Gasteiger partial charge is 0.361 e. The highest BCUT2D eigenvalue weighted by Gasteiger charge is 2.28. The summed E-state index contributed by atoms with van der Waals surface area (Å²) in [6, 6.07) is 9.23. The summed E-state index contributed by atoms with van der Waals surface area (Å²) >= 11 is 0. The zero-order valence-electron chi connectivity index (χ0n) is 13.2. The first-order valence-corrected chi connectivity index (χ1v) is 8.01. The van der Waals surface area contributed by atoms with Gasteiger partial charge in [0.15, 0.2) is 0 Å². The molecule has 1 fully saturated rings. The lowest BCUT2D eigenvalue weighted by Crippen LogP contribution is -2.23. The van der Waals surface area contributed by atoms with E-state index < -0.39 is 0 Å². The minimum absolute atomic E-state index is 0.503. The second kappa shape index (κ2) is 5.29. The van der Waals surface area contributed by atoms with E-state index in [1.807, 2.05) is 17.9 Å². The molecule has 0 amide bonds. The van der Waals surface area contributed by atoms with Crippen LogP contribution in [0.25, 0.3) is 10.9 Å². The summed E-state index contributed by atoms with van der Waals surface area (Å²) in [5, 5.41) is 5.77. The molecule has 0 aliphatic carbocycles. The molecule has 0 saturated carbocycles. The Labute approximate surface area is 130 Å². The first-order chi connectivity index (χ1) is 10.7. The zero-order chi connectivity index (χ0) is 15.1. The van der Waals surface area contributed by atoms with Crippen LogP contribution in [0, 0.1) is 6.92 Å². The number of likely N-dealkylation sites (tertiary alicyclic amines) is 1. The molecule has 1 atom stereocenters. The Morgan fingerprint density at radius 2 is 2.23 bits per heavy atom. The van der Waals surface area contributed by atoms with E-state index in [0.29, 0.717) is 6.04 Å². The van der Waals surface area contributed by atoms with E-state index in [0.717, 1.165) is 6.54 Å². The Bertz CT molecular complexity index is 798. The summed E-state index contributed by atoms with van der Waals surface area (Å²) in [5.74, 6) is 0. The molecule has 1 saturated heterocycles. The molecule has 4 heteroatoms. The second-order valence-electron chi connectivity index (χ2n) is 6.29. The van der Waals surface area contributed by atoms with Gasteiger partial charge < -0.3 is 4.98 Å². The summed E-state index contributed by atoms with van der Waals surface area (Å²) < 4.78 is 1.98. The van der Waals surface area contributed by atoms with Crippen LogP contribution in [0.3, 0.4) is 0 Å². The molecule has 1 aliphatic rings. The lowest BCUT2D eigenvalue weighted by Gasteiger charge is -2.25. The minimum atomic E-state index is 0.503. The van der Waals surface area contributed by atoms with E-state index in [-0.39, 0.29) is 0 Å². The third-order valence-electron chi connectivity index (χ3n) is 5.05. The zero-order valence-corrected chi connectivity index (χ0v) is 13.2. The van der Waals surface area contributed by atoms with Gasteiger partial charge in [0.1, 0.15) is 0 Å². The van der Waals surface area contributed by atoms with Crippen LogP contribution in [-0.4, -0.2) is 26.2 Å². The smallest absolute Gasteiger partial charge is 0.0540 e. The molecule has 3 heterocycles. The summed E-state index contributed by atoms with van der Waals surface area (Å²) in [6.07, 6.45) is 6.58. The maximum absolute atomic E-state index is 4.43. The summed E-state index contributed by atoms with van der Waals surface area (Å²) in [5.41, 5.74) is 5.32. The number of benzene rings is 1. The van der Waals surface area contributed by atoms with Crippen LogP contribution >= 0.6 is 0 Å². The van der Waals surface area contributed by atoms with Crippen LogP contribution in [0.2, 0.25) is 0 Å². The number of hydrogen-bond donors (Lipinski definition) is 1. The SMILES string of the molecule is Cc1c(C2CCCN2Cc2cccc3[nH]ccc23)cnn1C. The normalized spacial score (nSPS) is 19.3. The number of nitrogens with zero attached hydrogens (tertiary/aromatic N) is 3. The molecule has 4 rings (SSSR count). The van der Waals surface area contributed by atoms with Crippen molar-refractivity contribution in [3.63, 3.8) is 0 Å². The Kier molecular flexibility index (Phi) is 3.26. The van der Waals surface area contributed by atoms with Crippen LogP contribution in [0.4, 0.5) is 0 Å². The lowest BCUT2D eigenvalue weighted by atomic mass is 10.0. The molecular formula is C18H22N4. The van der Waals surface area contributed by atoms with Crippen molar-refractivity contribution in [2.75, 3.05) is 6.54 Å². The van der Waals surface area contributed by atoms with Crippen LogP contribution in [0.1, 0.15) is 35.7 Å². The molecule has 1 aromatic carbocycles. The molecular weight excluding hydrogens is 272 g/mol. The van der Waals surface area contributed by atoms with Crippen molar-refractivity contribution in [3.8, 4) is 0 Å². The Balaban J connectivity index is 1.64. The number of aryl methyl sites for hydroxylation is 1. The van der Waals surface area contributed by atoms with Crippen LogP contribution in [0.5, 0.6) is 0 Å². The van der Waals surface area contributed by atoms with Gasteiger partial charge in [-0.05, 0) is 44.0 Å². The quantitative estimate of drug-likeness (QED) is 0.802. The van der Waals surface area contributed by atoms with Gasteiger partial charge in [0, 0.05) is 48.0 Å². The number of hydrogen-bond acceptors (Lipinski definition) is 2. The predicted molar refractivity (Wildman–Crippen MR) is 88.6 cm³/mol. The van der Waals surface area contributed by atoms with E-state index in [1.54, 1.807) is 0 Å². The Morgan fingerprint density at radius 1 is 1.32 bits per heavy atom. The van der Waals surface area contributed by atoms with E-state index in [9.17, 15) is 0 Å². The third-order valence-corrected chi connectivity index (χ3v) is 5.05. The predicted octanol–water partition coefficient (Wildman–Crippen LogP) is 3.55. The second-order valence-corrected chi connectivity index (χ2v) is 6.29. The fraction of sp³-hybridized carbons (Fsp3) is 0.389. The maximum atomic E-state index is 4.43. The highest BCUT2D eigenvalue weighted by atomic mass is 15.3. The maximum Gasteiger partial charge on any atom is 0.0540 e. The van der Waals surface area contributed by atoms with Crippen molar-refractivity contribution < 1.29 is 0 Å². The molecule has 1 N–H and O–H groups in total. The summed E-state index contributed by atoms with van der Waals surface area (Å²) in [6.45, 7) is 4.35. The number of fused-ring (bicyclic) bond motifs is 1. The third kappa shape index (κ3) is 2.15. The van der Waals surface area contributed by atoms with Crippen LogP contribution < -0.4 is 0 Å². The highest BCUT2D eigenvalue weighted by Crippen LogP contribution is 2.35. The number of aromatic nitrogens is 3. The minimum Gasteiger partial charge on any atom is -0.361 e.